The van der Waals surface area contributed by atoms with E-state index < -0.39 is 0 Å². The van der Waals surface area contributed by atoms with Gasteiger partial charge in [0.25, 0.3) is 0 Å². The molecule has 0 bridgehead atoms. The van der Waals surface area contributed by atoms with Crippen LogP contribution in [-0.4, -0.2) is 0 Å². The molecule has 4 rings (SSSR count). The summed E-state index contributed by atoms with van der Waals surface area (Å²) in [6.07, 6.45) is 4.21. The lowest BCUT2D eigenvalue weighted by atomic mass is 10.1. The molecule has 4 aromatic rings. The molecule has 3 nitrogen and oxygen atoms in total. The highest BCUT2D eigenvalue weighted by Crippen LogP contribution is 2.31. The first-order valence-corrected chi connectivity index (χ1v) is 9.18. The average molecular weight is 355 g/mol. The Balaban J connectivity index is 1.55. The van der Waals surface area contributed by atoms with E-state index in [4.69, 9.17) is 5.73 Å². The van der Waals surface area contributed by atoms with E-state index in [2.05, 4.69) is 39.9 Å². The maximum atomic E-state index is 6.03. The molecule has 0 aliphatic carbocycles. The van der Waals surface area contributed by atoms with Gasteiger partial charge in [-0.1, -0.05) is 48.5 Å². The van der Waals surface area contributed by atoms with Gasteiger partial charge in [-0.2, -0.15) is 5.11 Å². The van der Waals surface area contributed by atoms with Crippen molar-refractivity contribution < 1.29 is 0 Å². The molecule has 4 heteroatoms. The third kappa shape index (κ3) is 3.55. The lowest BCUT2D eigenvalue weighted by molar-refractivity contribution is 1.24. The van der Waals surface area contributed by atoms with Crippen LogP contribution in [0.15, 0.2) is 88.4 Å². The fraction of sp³-hybridized carbons (Fsp3) is 0. The smallest absolute Gasteiger partial charge is 0.0936 e. The van der Waals surface area contributed by atoms with Crippen LogP contribution in [0, 0.1) is 0 Å². The molecule has 0 fully saturated rings. The number of fused-ring (bicyclic) bond motifs is 1. The molecule has 0 spiro atoms. The van der Waals surface area contributed by atoms with Gasteiger partial charge in [0.05, 0.1) is 11.4 Å². The topological polar surface area (TPSA) is 50.7 Å². The van der Waals surface area contributed by atoms with Gasteiger partial charge in [0.2, 0.25) is 0 Å². The first-order chi connectivity index (χ1) is 12.8. The molecule has 126 valence electrons. The summed E-state index contributed by atoms with van der Waals surface area (Å²) in [5.74, 6) is 0. The number of azo groups is 1. The van der Waals surface area contributed by atoms with Crippen molar-refractivity contribution in [1.29, 1.82) is 0 Å². The molecular weight excluding hydrogens is 338 g/mol. The molecule has 0 amide bonds. The van der Waals surface area contributed by atoms with Gasteiger partial charge in [-0.3, -0.25) is 0 Å². The van der Waals surface area contributed by atoms with E-state index in [1.165, 1.54) is 4.88 Å². The molecular formula is C22H17N3S. The molecule has 0 saturated heterocycles. The van der Waals surface area contributed by atoms with Crippen LogP contribution in [0.2, 0.25) is 0 Å². The van der Waals surface area contributed by atoms with Crippen molar-refractivity contribution in [3.63, 3.8) is 0 Å². The van der Waals surface area contributed by atoms with Crippen LogP contribution >= 0.6 is 11.3 Å². The largest absolute Gasteiger partial charge is 0.398 e. The first-order valence-electron chi connectivity index (χ1n) is 8.30. The van der Waals surface area contributed by atoms with E-state index in [1.807, 2.05) is 60.7 Å². The van der Waals surface area contributed by atoms with E-state index in [-0.39, 0.29) is 0 Å². The number of benzene rings is 3. The SMILES string of the molecule is Nc1ccc(N=Nc2ccc(/C=C/c3cccs3)cc2)c2ccccc12. The molecule has 0 atom stereocenters. The van der Waals surface area contributed by atoms with Gasteiger partial charge in [0.1, 0.15) is 0 Å². The van der Waals surface area contributed by atoms with E-state index in [1.54, 1.807) is 11.3 Å². The summed E-state index contributed by atoms with van der Waals surface area (Å²) < 4.78 is 0. The maximum absolute atomic E-state index is 6.03. The van der Waals surface area contributed by atoms with Crippen molar-refractivity contribution in [1.82, 2.24) is 0 Å². The van der Waals surface area contributed by atoms with Crippen LogP contribution in [-0.2, 0) is 0 Å². The Bertz CT molecular complexity index is 1080. The standard InChI is InChI=1S/C22H17N3S/c23-21-13-14-22(20-6-2-1-5-19(20)21)25-24-17-10-7-16(8-11-17)9-12-18-4-3-15-26-18/h1-15H,23H2/b12-9+,25-24?. The summed E-state index contributed by atoms with van der Waals surface area (Å²) in [4.78, 5) is 1.24. The average Bonchev–Trinajstić information content (AvgIpc) is 3.21. The molecule has 0 unspecified atom stereocenters. The summed E-state index contributed by atoms with van der Waals surface area (Å²) in [5.41, 5.74) is 9.56. The van der Waals surface area contributed by atoms with Crippen LogP contribution in [0.3, 0.4) is 0 Å². The van der Waals surface area contributed by atoms with Gasteiger partial charge in [0.15, 0.2) is 0 Å². The van der Waals surface area contributed by atoms with Crippen molar-refractivity contribution >= 4 is 51.3 Å². The van der Waals surface area contributed by atoms with Crippen molar-refractivity contribution in [3.05, 3.63) is 88.6 Å². The molecule has 3 aromatic carbocycles. The predicted molar refractivity (Wildman–Crippen MR) is 112 cm³/mol. The van der Waals surface area contributed by atoms with Gasteiger partial charge in [0, 0.05) is 21.3 Å². The van der Waals surface area contributed by atoms with E-state index in [9.17, 15) is 0 Å². The lowest BCUT2D eigenvalue weighted by Crippen LogP contribution is -1.86. The van der Waals surface area contributed by atoms with Crippen molar-refractivity contribution in [2.24, 2.45) is 10.2 Å². The highest BCUT2D eigenvalue weighted by atomic mass is 32.1. The highest BCUT2D eigenvalue weighted by Gasteiger charge is 2.02. The number of nitrogens with zero attached hydrogens (tertiary/aromatic N) is 2. The zero-order valence-electron chi connectivity index (χ0n) is 14.0. The summed E-state index contributed by atoms with van der Waals surface area (Å²) in [7, 11) is 0. The Morgan fingerprint density at radius 2 is 1.54 bits per heavy atom. The quantitative estimate of drug-likeness (QED) is 0.309. The minimum absolute atomic E-state index is 0.751. The van der Waals surface area contributed by atoms with Crippen LogP contribution in [0.1, 0.15) is 10.4 Å². The second-order valence-electron chi connectivity index (χ2n) is 5.86. The number of hydrogen-bond acceptors (Lipinski definition) is 4. The second kappa shape index (κ2) is 7.33. The van der Waals surface area contributed by atoms with Gasteiger partial charge in [-0.25, -0.2) is 0 Å². The number of nitrogens with two attached hydrogens (primary N) is 1. The second-order valence-corrected chi connectivity index (χ2v) is 6.84. The number of thiophene rings is 1. The number of anilines is 1. The Morgan fingerprint density at radius 3 is 2.31 bits per heavy atom. The Labute approximate surface area is 156 Å². The molecule has 0 aliphatic rings. The summed E-state index contributed by atoms with van der Waals surface area (Å²) in [6.45, 7) is 0. The normalized spacial score (nSPS) is 11.7. The van der Waals surface area contributed by atoms with Crippen LogP contribution in [0.25, 0.3) is 22.9 Å². The van der Waals surface area contributed by atoms with Gasteiger partial charge in [-0.05, 0) is 47.4 Å². The molecule has 0 aliphatic heterocycles. The Kier molecular flexibility index (Phi) is 4.58. The summed E-state index contributed by atoms with van der Waals surface area (Å²) in [6, 6.07) is 23.9. The minimum atomic E-state index is 0.751. The fourth-order valence-electron chi connectivity index (χ4n) is 2.72. The lowest BCUT2D eigenvalue weighted by Gasteiger charge is -2.04. The third-order valence-corrected chi connectivity index (χ3v) is 4.92. The summed E-state index contributed by atoms with van der Waals surface area (Å²) >= 11 is 1.72. The zero-order valence-corrected chi connectivity index (χ0v) is 14.9. The van der Waals surface area contributed by atoms with Crippen molar-refractivity contribution in [2.75, 3.05) is 5.73 Å². The monoisotopic (exact) mass is 355 g/mol. The molecule has 2 N–H and O–H groups in total. The first kappa shape index (κ1) is 16.2. The number of rotatable bonds is 4. The third-order valence-electron chi connectivity index (χ3n) is 4.08. The van der Waals surface area contributed by atoms with Crippen LogP contribution in [0.5, 0.6) is 0 Å². The molecule has 26 heavy (non-hydrogen) atoms. The Morgan fingerprint density at radius 1 is 0.731 bits per heavy atom. The predicted octanol–water partition coefficient (Wildman–Crippen LogP) is 7.07. The van der Waals surface area contributed by atoms with E-state index >= 15 is 0 Å². The zero-order chi connectivity index (χ0) is 17.8. The van der Waals surface area contributed by atoms with Crippen molar-refractivity contribution in [3.8, 4) is 0 Å². The number of nitrogen functional groups attached to an aromatic ring is 1. The van der Waals surface area contributed by atoms with Gasteiger partial charge < -0.3 is 5.73 Å². The van der Waals surface area contributed by atoms with E-state index in [0.29, 0.717) is 0 Å². The molecule has 0 saturated carbocycles. The van der Waals surface area contributed by atoms with Crippen LogP contribution in [0.4, 0.5) is 17.1 Å². The minimum Gasteiger partial charge on any atom is -0.398 e. The summed E-state index contributed by atoms with van der Waals surface area (Å²) in [5, 5.41) is 12.9. The molecule has 1 heterocycles. The highest BCUT2D eigenvalue weighted by molar-refractivity contribution is 7.10. The Hall–Kier alpha value is -3.24. The van der Waals surface area contributed by atoms with Gasteiger partial charge in [-0.15, -0.1) is 16.5 Å². The maximum Gasteiger partial charge on any atom is 0.0936 e. The number of hydrogen-bond donors (Lipinski definition) is 1. The fourth-order valence-corrected chi connectivity index (χ4v) is 3.34. The molecule has 0 radical (unpaired) electrons. The van der Waals surface area contributed by atoms with Gasteiger partial charge >= 0.3 is 0 Å². The van der Waals surface area contributed by atoms with Crippen molar-refractivity contribution in [2.45, 2.75) is 0 Å². The molecule has 1 aromatic heterocycles. The van der Waals surface area contributed by atoms with E-state index in [0.717, 1.165) is 33.4 Å². The van der Waals surface area contributed by atoms with Crippen LogP contribution < -0.4 is 5.73 Å².